The Morgan fingerprint density at radius 2 is 1.00 bits per heavy atom. The summed E-state index contributed by atoms with van der Waals surface area (Å²) in [5, 5.41) is 0. The van der Waals surface area contributed by atoms with Gasteiger partial charge >= 0.3 is 0 Å². The molecule has 0 amide bonds. The number of rotatable bonds is 0. The predicted octanol–water partition coefficient (Wildman–Crippen LogP) is 0.0848. The summed E-state index contributed by atoms with van der Waals surface area (Å²) in [4.78, 5) is 0. The van der Waals surface area contributed by atoms with Gasteiger partial charge in [-0.15, -0.1) is 0 Å². The molecule has 0 saturated carbocycles. The van der Waals surface area contributed by atoms with E-state index in [1.54, 1.807) is 0 Å². The fraction of sp³-hybridized carbons (Fsp3) is 0. The molecular weight excluding hydrogens is 54.9 g/mol. The third-order valence-corrected chi connectivity index (χ3v) is 0.0680. The van der Waals surface area contributed by atoms with E-state index in [-0.39, 0.29) is 18.9 Å². The van der Waals surface area contributed by atoms with Gasteiger partial charge in [-0.05, 0) is 0 Å². The fourth-order valence-electron chi connectivity index (χ4n) is 0. The number of hydrogen-bond donors (Lipinski definition) is 0. The molecule has 0 atom stereocenters. The molecule has 0 aliphatic heterocycles. The average Bonchev–Trinajstić information content (AvgIpc) is 1.46. The van der Waals surface area contributed by atoms with Crippen LogP contribution in [0.2, 0.25) is 0 Å². The van der Waals surface area contributed by atoms with Gasteiger partial charge < -0.3 is 0 Å². The van der Waals surface area contributed by atoms with E-state index < -0.39 is 0 Å². The van der Waals surface area contributed by atoms with Crippen LogP contribution in [-0.2, 0) is 0 Å². The van der Waals surface area contributed by atoms with Crippen molar-refractivity contribution >= 4 is 18.9 Å². The van der Waals surface area contributed by atoms with Crippen molar-refractivity contribution < 1.29 is 14.2 Å². The van der Waals surface area contributed by atoms with Gasteiger partial charge in [0.1, 0.15) is 0 Å². The smallest absolute Gasteiger partial charge is 0 e. The van der Waals surface area contributed by atoms with Crippen molar-refractivity contribution in [1.29, 1.82) is 0 Å². The van der Waals surface area contributed by atoms with E-state index in [1.807, 2.05) is 0 Å². The first-order valence-corrected chi connectivity index (χ1v) is 0.500. The molecule has 3 nitrogen and oxygen atoms in total. The third kappa shape index (κ3) is 2.00. The Bertz CT molecular complexity index is 31.4. The Kier molecular flexibility index (Phi) is 1.33. The molecule has 0 saturated heterocycles. The second-order valence-corrected chi connectivity index (χ2v) is 0.204. The third-order valence-electron chi connectivity index (χ3n) is 0.0680. The number of hydrogen-bond acceptors (Lipinski definition) is 3. The normalized spacial score (nSPS) is 6.00. The van der Waals surface area contributed by atoms with Gasteiger partial charge in [0.15, 0.2) is 0 Å². The van der Waals surface area contributed by atoms with Crippen molar-refractivity contribution in [3.05, 3.63) is 0 Å². The Balaban J connectivity index is 0.0000000900. The molecule has 1 rings (SSSR count). The van der Waals surface area contributed by atoms with Gasteiger partial charge in [-0.3, -0.25) is 0 Å². The van der Waals surface area contributed by atoms with Gasteiger partial charge in [0.2, 0.25) is 0 Å². The average molecular weight is 54.9 g/mol. The van der Waals surface area contributed by atoms with E-state index in [2.05, 4.69) is 14.2 Å². The van der Waals surface area contributed by atoms with Crippen molar-refractivity contribution in [3.63, 3.8) is 0 Å². The van der Waals surface area contributed by atoms with Crippen LogP contribution in [0.3, 0.4) is 0 Å². The van der Waals surface area contributed by atoms with Crippen LogP contribution >= 0.6 is 0 Å². The van der Waals surface area contributed by atoms with Crippen molar-refractivity contribution in [3.8, 4) is 0 Å². The molecule has 0 bridgehead atoms. The minimum atomic E-state index is 0. The summed E-state index contributed by atoms with van der Waals surface area (Å²) in [6, 6.07) is 0. The summed E-state index contributed by atoms with van der Waals surface area (Å²) in [5.41, 5.74) is 0. The van der Waals surface area contributed by atoms with Gasteiger partial charge in [0.05, 0.1) is 0 Å². The maximum atomic E-state index is 3.50. The van der Waals surface area contributed by atoms with Gasteiger partial charge in [-0.1, -0.05) is 0 Å². The zero-order valence-electron chi connectivity index (χ0n) is 2.22. The molecule has 0 spiro atoms. The van der Waals surface area contributed by atoms with Gasteiger partial charge in [-0.25, -0.2) is 0 Å². The molecule has 1 heterocycles. The molecule has 0 aromatic carbocycles. The van der Waals surface area contributed by atoms with E-state index in [1.165, 1.54) is 0 Å². The maximum absolute atomic E-state index is 3.50. The molecule has 0 fully saturated rings. The zero-order chi connectivity index (χ0) is 2.12. The van der Waals surface area contributed by atoms with Crippen LogP contribution in [0.1, 0.15) is 0 Å². The minimum Gasteiger partial charge on any atom is 0 e. The standard InChI is InChI=1S/Li.O3/c;1-2-3-1. The molecule has 0 N–H and O–H groups in total. The summed E-state index contributed by atoms with van der Waals surface area (Å²) < 4.78 is 10.5. The van der Waals surface area contributed by atoms with E-state index in [0.29, 0.717) is 0 Å². The van der Waals surface area contributed by atoms with Crippen LogP contribution in [-0.4, -0.2) is 18.9 Å². The Morgan fingerprint density at radius 1 is 0.750 bits per heavy atom. The van der Waals surface area contributed by atoms with Crippen molar-refractivity contribution in [2.45, 2.75) is 0 Å². The maximum Gasteiger partial charge on any atom is 0 e. The first kappa shape index (κ1) is 4.00. The SMILES string of the molecule is [Li].o1oo1. The molecule has 1 aromatic rings. The molecule has 19 valence electrons. The van der Waals surface area contributed by atoms with E-state index >= 15 is 0 Å². The van der Waals surface area contributed by atoms with Crippen LogP contribution in [0.25, 0.3) is 0 Å². The minimum absolute atomic E-state index is 0. The molecule has 0 unspecified atom stereocenters. The molecule has 4 heteroatoms. The fourth-order valence-corrected chi connectivity index (χ4v) is 0. The van der Waals surface area contributed by atoms with E-state index in [9.17, 15) is 0 Å². The second kappa shape index (κ2) is 1.33. The summed E-state index contributed by atoms with van der Waals surface area (Å²) in [5.74, 6) is 0. The predicted molar refractivity (Wildman–Crippen MR) is 8.99 cm³/mol. The Hall–Kier alpha value is -0.00260. The van der Waals surface area contributed by atoms with Crippen LogP contribution < -0.4 is 0 Å². The van der Waals surface area contributed by atoms with E-state index in [0.717, 1.165) is 0 Å². The molecule has 0 aliphatic rings. The van der Waals surface area contributed by atoms with Crippen LogP contribution in [0.4, 0.5) is 0 Å². The van der Waals surface area contributed by atoms with Gasteiger partial charge in [0.25, 0.3) is 0 Å². The first-order chi connectivity index (χ1) is 1.50. The van der Waals surface area contributed by atoms with Gasteiger partial charge in [-0.2, -0.15) is 0 Å². The molecule has 0 aliphatic carbocycles. The first-order valence-electron chi connectivity index (χ1n) is 0.500. The van der Waals surface area contributed by atoms with Crippen molar-refractivity contribution in [2.24, 2.45) is 0 Å². The van der Waals surface area contributed by atoms with Crippen molar-refractivity contribution in [1.82, 2.24) is 0 Å². The second-order valence-electron chi connectivity index (χ2n) is 0.204. The topological polar surface area (TPSA) is 39.4 Å². The Labute approximate surface area is 33.9 Å². The monoisotopic (exact) mass is 55.0 g/mol. The van der Waals surface area contributed by atoms with Crippen LogP contribution in [0, 0.1) is 0 Å². The molecular formula is LiO3. The summed E-state index contributed by atoms with van der Waals surface area (Å²) in [6.07, 6.45) is 0. The van der Waals surface area contributed by atoms with E-state index in [4.69, 9.17) is 0 Å². The molecule has 1 aromatic heterocycles. The Morgan fingerprint density at radius 3 is 1.00 bits per heavy atom. The quantitative estimate of drug-likeness (QED) is 0.311. The summed E-state index contributed by atoms with van der Waals surface area (Å²) in [7, 11) is 0. The van der Waals surface area contributed by atoms with Crippen LogP contribution in [0.15, 0.2) is 14.2 Å². The molecule has 4 heavy (non-hydrogen) atoms. The summed E-state index contributed by atoms with van der Waals surface area (Å²) >= 11 is 0. The largest absolute Gasteiger partial charge is 0 e. The zero-order valence-corrected chi connectivity index (χ0v) is 2.22. The molecule has 1 radical (unpaired) electrons. The summed E-state index contributed by atoms with van der Waals surface area (Å²) in [6.45, 7) is 0. The van der Waals surface area contributed by atoms with Gasteiger partial charge in [0, 0.05) is 33.1 Å². The van der Waals surface area contributed by atoms with Crippen LogP contribution in [0.5, 0.6) is 0 Å². The van der Waals surface area contributed by atoms with Crippen molar-refractivity contribution in [2.75, 3.05) is 0 Å².